The first kappa shape index (κ1) is 14.3. The molecule has 2 N–H and O–H groups in total. The number of nitrogens with zero attached hydrogens (tertiary/aromatic N) is 1. The van der Waals surface area contributed by atoms with Crippen molar-refractivity contribution in [2.75, 3.05) is 25.9 Å². The third kappa shape index (κ3) is 2.91. The van der Waals surface area contributed by atoms with Gasteiger partial charge in [0.05, 0.1) is 11.0 Å². The predicted molar refractivity (Wildman–Crippen MR) is 74.4 cm³/mol. The molecule has 0 aromatic heterocycles. The Morgan fingerprint density at radius 2 is 1.95 bits per heavy atom. The first-order chi connectivity index (χ1) is 8.95. The summed E-state index contributed by atoms with van der Waals surface area (Å²) in [6.45, 7) is 2.82. The van der Waals surface area contributed by atoms with Crippen molar-refractivity contribution in [3.05, 3.63) is 23.8 Å². The number of methoxy groups -OCH3 is 1. The quantitative estimate of drug-likeness (QED) is 0.851. The zero-order valence-electron chi connectivity index (χ0n) is 11.3. The molecule has 0 saturated carbocycles. The molecule has 0 unspecified atom stereocenters. The van der Waals surface area contributed by atoms with E-state index in [4.69, 9.17) is 10.5 Å². The molecule has 1 aliphatic heterocycles. The van der Waals surface area contributed by atoms with Crippen LogP contribution in [0.2, 0.25) is 0 Å². The molecule has 6 heteroatoms. The van der Waals surface area contributed by atoms with E-state index < -0.39 is 10.0 Å². The van der Waals surface area contributed by atoms with E-state index in [0.717, 1.165) is 18.4 Å². The second kappa shape index (κ2) is 5.48. The van der Waals surface area contributed by atoms with Crippen LogP contribution in [0.15, 0.2) is 23.1 Å². The Morgan fingerprint density at radius 3 is 2.47 bits per heavy atom. The summed E-state index contributed by atoms with van der Waals surface area (Å²) in [5.41, 5.74) is 7.12. The Balaban J connectivity index is 2.21. The molecular formula is C13H20N2O3S. The first-order valence-corrected chi connectivity index (χ1v) is 7.78. The lowest BCUT2D eigenvalue weighted by atomic mass is 10.1. The van der Waals surface area contributed by atoms with Crippen molar-refractivity contribution >= 4 is 15.7 Å². The molecule has 1 saturated heterocycles. The van der Waals surface area contributed by atoms with Gasteiger partial charge in [-0.2, -0.15) is 4.31 Å². The number of hydrogen-bond donors (Lipinski definition) is 1. The lowest BCUT2D eigenvalue weighted by Gasteiger charge is -2.30. The summed E-state index contributed by atoms with van der Waals surface area (Å²) in [4.78, 5) is 0.315. The fraction of sp³-hybridized carbons (Fsp3) is 0.538. The molecule has 5 nitrogen and oxygen atoms in total. The Morgan fingerprint density at radius 1 is 1.32 bits per heavy atom. The van der Waals surface area contributed by atoms with Crippen LogP contribution in [0.4, 0.5) is 5.69 Å². The molecule has 1 aliphatic rings. The molecular weight excluding hydrogens is 264 g/mol. The highest BCUT2D eigenvalue weighted by Crippen LogP contribution is 2.24. The standard InChI is InChI=1S/C13H20N2O3S/c1-10-9-12(3-4-13(10)14)19(16,17)15-7-5-11(18-2)6-8-15/h3-4,9,11H,5-8,14H2,1-2H3. The van der Waals surface area contributed by atoms with E-state index in [1.807, 2.05) is 6.92 Å². The molecule has 0 radical (unpaired) electrons. The van der Waals surface area contributed by atoms with Crippen LogP contribution in [0.3, 0.4) is 0 Å². The number of hydrogen-bond acceptors (Lipinski definition) is 4. The van der Waals surface area contributed by atoms with Crippen molar-refractivity contribution in [3.63, 3.8) is 0 Å². The van der Waals surface area contributed by atoms with Gasteiger partial charge >= 0.3 is 0 Å². The molecule has 1 aromatic carbocycles. The van der Waals surface area contributed by atoms with Gasteiger partial charge < -0.3 is 10.5 Å². The highest BCUT2D eigenvalue weighted by Gasteiger charge is 2.29. The van der Waals surface area contributed by atoms with Gasteiger partial charge in [-0.15, -0.1) is 0 Å². The molecule has 19 heavy (non-hydrogen) atoms. The van der Waals surface area contributed by atoms with Gasteiger partial charge in [-0.25, -0.2) is 8.42 Å². The molecule has 1 fully saturated rings. The number of anilines is 1. The second-order valence-corrected chi connectivity index (χ2v) is 6.80. The number of sulfonamides is 1. The number of rotatable bonds is 3. The summed E-state index contributed by atoms with van der Waals surface area (Å²) in [7, 11) is -1.75. The first-order valence-electron chi connectivity index (χ1n) is 6.34. The monoisotopic (exact) mass is 284 g/mol. The maximum absolute atomic E-state index is 12.5. The zero-order chi connectivity index (χ0) is 14.0. The Labute approximate surface area is 114 Å². The average Bonchev–Trinajstić information content (AvgIpc) is 2.41. The van der Waals surface area contributed by atoms with Gasteiger partial charge in [-0.05, 0) is 43.5 Å². The van der Waals surface area contributed by atoms with Crippen molar-refractivity contribution in [2.45, 2.75) is 30.8 Å². The summed E-state index contributed by atoms with van der Waals surface area (Å²) in [6, 6.07) is 4.84. The minimum atomic E-state index is -3.41. The Kier molecular flexibility index (Phi) is 4.13. The number of piperidine rings is 1. The van der Waals surface area contributed by atoms with Crippen LogP contribution in [-0.2, 0) is 14.8 Å². The van der Waals surface area contributed by atoms with Gasteiger partial charge in [0, 0.05) is 25.9 Å². The highest BCUT2D eigenvalue weighted by atomic mass is 32.2. The van der Waals surface area contributed by atoms with E-state index in [9.17, 15) is 8.42 Å². The summed E-state index contributed by atoms with van der Waals surface area (Å²) in [5, 5.41) is 0. The third-order valence-electron chi connectivity index (χ3n) is 3.61. The van der Waals surface area contributed by atoms with E-state index in [2.05, 4.69) is 0 Å². The van der Waals surface area contributed by atoms with Gasteiger partial charge in [0.2, 0.25) is 10.0 Å². The largest absolute Gasteiger partial charge is 0.399 e. The molecule has 0 amide bonds. The van der Waals surface area contributed by atoms with E-state index in [0.29, 0.717) is 23.7 Å². The van der Waals surface area contributed by atoms with Crippen LogP contribution in [0.5, 0.6) is 0 Å². The number of benzene rings is 1. The summed E-state index contributed by atoms with van der Waals surface area (Å²) < 4.78 is 31.8. The predicted octanol–water partition coefficient (Wildman–Crippen LogP) is 1.38. The topological polar surface area (TPSA) is 72.6 Å². The van der Waals surface area contributed by atoms with Crippen LogP contribution >= 0.6 is 0 Å². The molecule has 0 aliphatic carbocycles. The fourth-order valence-corrected chi connectivity index (χ4v) is 3.82. The maximum atomic E-state index is 12.5. The lowest BCUT2D eigenvalue weighted by molar-refractivity contribution is 0.0604. The fourth-order valence-electron chi connectivity index (χ4n) is 2.27. The van der Waals surface area contributed by atoms with E-state index in [1.165, 1.54) is 4.31 Å². The van der Waals surface area contributed by atoms with E-state index in [1.54, 1.807) is 25.3 Å². The van der Waals surface area contributed by atoms with Crippen LogP contribution in [0.1, 0.15) is 18.4 Å². The van der Waals surface area contributed by atoms with Crippen molar-refractivity contribution in [2.24, 2.45) is 0 Å². The zero-order valence-corrected chi connectivity index (χ0v) is 12.1. The summed E-state index contributed by atoms with van der Waals surface area (Å²) >= 11 is 0. The Hall–Kier alpha value is -1.11. The van der Waals surface area contributed by atoms with Gasteiger partial charge in [-0.1, -0.05) is 0 Å². The van der Waals surface area contributed by atoms with Gasteiger partial charge in [0.25, 0.3) is 0 Å². The van der Waals surface area contributed by atoms with Gasteiger partial charge in [-0.3, -0.25) is 0 Å². The number of ether oxygens (including phenoxy) is 1. The second-order valence-electron chi connectivity index (χ2n) is 4.86. The summed E-state index contributed by atoms with van der Waals surface area (Å²) in [5.74, 6) is 0. The Bertz CT molecular complexity index is 549. The van der Waals surface area contributed by atoms with Crippen LogP contribution < -0.4 is 5.73 Å². The average molecular weight is 284 g/mol. The molecule has 0 spiro atoms. The van der Waals surface area contributed by atoms with Crippen molar-refractivity contribution in [3.8, 4) is 0 Å². The number of nitrogens with two attached hydrogens (primary N) is 1. The molecule has 106 valence electrons. The molecule has 1 aromatic rings. The van der Waals surface area contributed by atoms with Crippen LogP contribution in [0.25, 0.3) is 0 Å². The molecule has 0 bridgehead atoms. The van der Waals surface area contributed by atoms with Crippen LogP contribution in [-0.4, -0.2) is 39.0 Å². The molecule has 1 heterocycles. The van der Waals surface area contributed by atoms with E-state index in [-0.39, 0.29) is 6.10 Å². The third-order valence-corrected chi connectivity index (χ3v) is 5.51. The lowest BCUT2D eigenvalue weighted by Crippen LogP contribution is -2.40. The van der Waals surface area contributed by atoms with Crippen molar-refractivity contribution in [1.29, 1.82) is 0 Å². The van der Waals surface area contributed by atoms with Gasteiger partial charge in [0.15, 0.2) is 0 Å². The minimum Gasteiger partial charge on any atom is -0.399 e. The van der Waals surface area contributed by atoms with Gasteiger partial charge in [0.1, 0.15) is 0 Å². The SMILES string of the molecule is COC1CCN(S(=O)(=O)c2ccc(N)c(C)c2)CC1. The molecule has 0 atom stereocenters. The molecule has 2 rings (SSSR count). The smallest absolute Gasteiger partial charge is 0.243 e. The van der Waals surface area contributed by atoms with Crippen molar-refractivity contribution < 1.29 is 13.2 Å². The van der Waals surface area contributed by atoms with Crippen LogP contribution in [0, 0.1) is 6.92 Å². The number of nitrogen functional groups attached to an aromatic ring is 1. The van der Waals surface area contributed by atoms with Crippen molar-refractivity contribution in [1.82, 2.24) is 4.31 Å². The number of aryl methyl sites for hydroxylation is 1. The maximum Gasteiger partial charge on any atom is 0.243 e. The summed E-state index contributed by atoms with van der Waals surface area (Å²) in [6.07, 6.45) is 1.65. The minimum absolute atomic E-state index is 0.166. The van der Waals surface area contributed by atoms with E-state index >= 15 is 0 Å². The normalized spacial score (nSPS) is 18.6. The highest BCUT2D eigenvalue weighted by molar-refractivity contribution is 7.89.